The van der Waals surface area contributed by atoms with E-state index in [9.17, 15) is 0 Å². The Morgan fingerprint density at radius 1 is 1.33 bits per heavy atom. The molecule has 0 atom stereocenters. The van der Waals surface area contributed by atoms with E-state index in [4.69, 9.17) is 5.11 Å². The van der Waals surface area contributed by atoms with Crippen LogP contribution < -0.4 is 4.90 Å². The van der Waals surface area contributed by atoms with Crippen LogP contribution in [0.25, 0.3) is 0 Å². The summed E-state index contributed by atoms with van der Waals surface area (Å²) in [7, 11) is 0. The number of aliphatic hydroxyl groups is 1. The van der Waals surface area contributed by atoms with E-state index in [0.717, 1.165) is 24.8 Å². The van der Waals surface area contributed by atoms with E-state index in [1.165, 1.54) is 12.8 Å². The Kier molecular flexibility index (Phi) is 3.16. The normalized spacial score (nSPS) is 18.1. The lowest BCUT2D eigenvalue weighted by atomic mass is 9.99. The number of anilines is 1. The van der Waals surface area contributed by atoms with Crippen molar-refractivity contribution in [1.29, 1.82) is 0 Å². The quantitative estimate of drug-likeness (QED) is 0.791. The van der Waals surface area contributed by atoms with E-state index in [1.807, 2.05) is 12.1 Å². The first-order valence-corrected chi connectivity index (χ1v) is 5.48. The topological polar surface area (TPSA) is 49.2 Å². The Morgan fingerprint density at radius 3 is 2.60 bits per heavy atom. The highest BCUT2D eigenvalue weighted by Crippen LogP contribution is 2.20. The highest BCUT2D eigenvalue weighted by molar-refractivity contribution is 5.37. The van der Waals surface area contributed by atoms with Gasteiger partial charge < -0.3 is 10.0 Å². The van der Waals surface area contributed by atoms with Crippen LogP contribution >= 0.6 is 0 Å². The summed E-state index contributed by atoms with van der Waals surface area (Å²) in [4.78, 5) is 2.26. The van der Waals surface area contributed by atoms with Gasteiger partial charge in [0.15, 0.2) is 5.82 Å². The van der Waals surface area contributed by atoms with Gasteiger partial charge in [-0.15, -0.1) is 5.10 Å². The molecule has 0 amide bonds. The molecular formula is C11H17N3O. The third-order valence-corrected chi connectivity index (χ3v) is 2.98. The summed E-state index contributed by atoms with van der Waals surface area (Å²) in [6.07, 6.45) is 2.45. The largest absolute Gasteiger partial charge is 0.390 e. The number of hydrogen-bond donors (Lipinski definition) is 1. The molecule has 1 aromatic rings. The molecule has 0 unspecified atom stereocenters. The molecular weight excluding hydrogens is 190 g/mol. The van der Waals surface area contributed by atoms with E-state index in [0.29, 0.717) is 5.69 Å². The lowest BCUT2D eigenvalue weighted by Gasteiger charge is -2.30. The van der Waals surface area contributed by atoms with Gasteiger partial charge in [-0.2, -0.15) is 5.10 Å². The highest BCUT2D eigenvalue weighted by atomic mass is 16.3. The van der Waals surface area contributed by atoms with E-state index in [2.05, 4.69) is 22.0 Å². The van der Waals surface area contributed by atoms with Gasteiger partial charge >= 0.3 is 0 Å². The Morgan fingerprint density at radius 2 is 2.07 bits per heavy atom. The highest BCUT2D eigenvalue weighted by Gasteiger charge is 2.16. The molecule has 0 bridgehead atoms. The molecule has 0 aliphatic carbocycles. The Bertz CT molecular complexity index is 304. The molecule has 1 aliphatic heterocycles. The summed E-state index contributed by atoms with van der Waals surface area (Å²) in [5.74, 6) is 1.75. The van der Waals surface area contributed by atoms with Gasteiger partial charge in [0.05, 0.1) is 12.3 Å². The summed E-state index contributed by atoms with van der Waals surface area (Å²) < 4.78 is 0. The first kappa shape index (κ1) is 10.4. The number of piperidine rings is 1. The average Bonchev–Trinajstić information content (AvgIpc) is 2.30. The summed E-state index contributed by atoms with van der Waals surface area (Å²) in [6, 6.07) is 3.77. The van der Waals surface area contributed by atoms with Gasteiger partial charge in [0.1, 0.15) is 0 Å². The van der Waals surface area contributed by atoms with Gasteiger partial charge in [0, 0.05) is 13.1 Å². The summed E-state index contributed by atoms with van der Waals surface area (Å²) in [6.45, 7) is 4.38. The van der Waals surface area contributed by atoms with Crippen molar-refractivity contribution in [1.82, 2.24) is 10.2 Å². The Labute approximate surface area is 89.9 Å². The van der Waals surface area contributed by atoms with Gasteiger partial charge in [0.2, 0.25) is 0 Å². The van der Waals surface area contributed by atoms with Crippen LogP contribution in [0.5, 0.6) is 0 Å². The third kappa shape index (κ3) is 2.45. The average molecular weight is 207 g/mol. The van der Waals surface area contributed by atoms with Crippen LogP contribution in [-0.2, 0) is 6.61 Å². The molecule has 0 radical (unpaired) electrons. The Balaban J connectivity index is 2.03. The molecule has 1 aliphatic rings. The van der Waals surface area contributed by atoms with E-state index < -0.39 is 0 Å². The first-order chi connectivity index (χ1) is 7.29. The predicted molar refractivity (Wildman–Crippen MR) is 58.6 cm³/mol. The fourth-order valence-electron chi connectivity index (χ4n) is 1.84. The molecule has 1 N–H and O–H groups in total. The fraction of sp³-hybridized carbons (Fsp3) is 0.636. The van der Waals surface area contributed by atoms with Crippen LogP contribution in [0.2, 0.25) is 0 Å². The lowest BCUT2D eigenvalue weighted by Crippen LogP contribution is -2.33. The van der Waals surface area contributed by atoms with Gasteiger partial charge in [-0.3, -0.25) is 0 Å². The van der Waals surface area contributed by atoms with E-state index in [-0.39, 0.29) is 6.61 Å². The molecule has 0 saturated carbocycles. The van der Waals surface area contributed by atoms with Crippen molar-refractivity contribution in [3.8, 4) is 0 Å². The SMILES string of the molecule is CC1CCN(c2ccc(CO)nn2)CC1. The van der Waals surface area contributed by atoms with Crippen molar-refractivity contribution in [2.45, 2.75) is 26.4 Å². The van der Waals surface area contributed by atoms with Crippen LogP contribution in [-0.4, -0.2) is 28.4 Å². The van der Waals surface area contributed by atoms with Crippen molar-refractivity contribution in [3.63, 3.8) is 0 Å². The van der Waals surface area contributed by atoms with E-state index >= 15 is 0 Å². The zero-order valence-corrected chi connectivity index (χ0v) is 9.06. The molecule has 0 aromatic carbocycles. The van der Waals surface area contributed by atoms with Crippen LogP contribution in [0.4, 0.5) is 5.82 Å². The Hall–Kier alpha value is -1.16. The molecule has 1 aromatic heterocycles. The van der Waals surface area contributed by atoms with Gasteiger partial charge in [0.25, 0.3) is 0 Å². The molecule has 4 nitrogen and oxygen atoms in total. The number of aromatic nitrogens is 2. The maximum atomic E-state index is 8.86. The lowest BCUT2D eigenvalue weighted by molar-refractivity contribution is 0.275. The third-order valence-electron chi connectivity index (χ3n) is 2.98. The van der Waals surface area contributed by atoms with Crippen LogP contribution in [0.15, 0.2) is 12.1 Å². The number of hydrogen-bond acceptors (Lipinski definition) is 4. The molecule has 4 heteroatoms. The summed E-state index contributed by atoms with van der Waals surface area (Å²) >= 11 is 0. The molecule has 15 heavy (non-hydrogen) atoms. The second-order valence-corrected chi connectivity index (χ2v) is 4.21. The molecule has 82 valence electrons. The second-order valence-electron chi connectivity index (χ2n) is 4.21. The van der Waals surface area contributed by atoms with Gasteiger partial charge in [-0.05, 0) is 30.9 Å². The maximum Gasteiger partial charge on any atom is 0.151 e. The van der Waals surface area contributed by atoms with Crippen LogP contribution in [0, 0.1) is 5.92 Å². The smallest absolute Gasteiger partial charge is 0.151 e. The van der Waals surface area contributed by atoms with Crippen molar-refractivity contribution < 1.29 is 5.11 Å². The van der Waals surface area contributed by atoms with E-state index in [1.54, 1.807) is 0 Å². The molecule has 1 fully saturated rings. The molecule has 2 rings (SSSR count). The van der Waals surface area contributed by atoms with Crippen molar-refractivity contribution in [2.75, 3.05) is 18.0 Å². The fourth-order valence-corrected chi connectivity index (χ4v) is 1.84. The van der Waals surface area contributed by atoms with Crippen molar-refractivity contribution >= 4 is 5.82 Å². The minimum Gasteiger partial charge on any atom is -0.390 e. The van der Waals surface area contributed by atoms with Gasteiger partial charge in [-0.25, -0.2) is 0 Å². The standard InChI is InChI=1S/C11H17N3O/c1-9-4-6-14(7-5-9)11-3-2-10(8-15)12-13-11/h2-3,9,15H,4-8H2,1H3. The summed E-state index contributed by atoms with van der Waals surface area (Å²) in [5.41, 5.74) is 0.629. The zero-order valence-electron chi connectivity index (χ0n) is 9.06. The van der Waals surface area contributed by atoms with Gasteiger partial charge in [-0.1, -0.05) is 6.92 Å². The number of nitrogens with zero attached hydrogens (tertiary/aromatic N) is 3. The molecule has 1 saturated heterocycles. The van der Waals surface area contributed by atoms with Crippen molar-refractivity contribution in [3.05, 3.63) is 17.8 Å². The predicted octanol–water partition coefficient (Wildman–Crippen LogP) is 1.21. The first-order valence-electron chi connectivity index (χ1n) is 5.48. The number of aliphatic hydroxyl groups excluding tert-OH is 1. The minimum atomic E-state index is -0.0374. The number of rotatable bonds is 2. The van der Waals surface area contributed by atoms with Crippen LogP contribution in [0.3, 0.4) is 0 Å². The zero-order chi connectivity index (χ0) is 10.7. The maximum absolute atomic E-state index is 8.86. The minimum absolute atomic E-state index is 0.0374. The monoisotopic (exact) mass is 207 g/mol. The summed E-state index contributed by atoms with van der Waals surface area (Å²) in [5, 5.41) is 16.9. The van der Waals surface area contributed by atoms with Crippen LogP contribution in [0.1, 0.15) is 25.5 Å². The molecule has 2 heterocycles. The second kappa shape index (κ2) is 4.57. The molecule has 0 spiro atoms. The van der Waals surface area contributed by atoms with Crippen molar-refractivity contribution in [2.24, 2.45) is 5.92 Å².